The van der Waals surface area contributed by atoms with E-state index in [-0.39, 0.29) is 25.6 Å². The third kappa shape index (κ3) is 9.37. The summed E-state index contributed by atoms with van der Waals surface area (Å²) in [5.41, 5.74) is 0.492. The minimum atomic E-state index is -2.49. The number of nitrogens with one attached hydrogen (secondary N) is 1. The lowest BCUT2D eigenvalue weighted by atomic mass is 10.3. The molecule has 0 saturated heterocycles. The summed E-state index contributed by atoms with van der Waals surface area (Å²) in [4.78, 5) is 25.7. The predicted octanol–water partition coefficient (Wildman–Crippen LogP) is 2.45. The highest BCUT2D eigenvalue weighted by Crippen LogP contribution is 2.26. The number of ether oxygens (including phenoxy) is 2. The number of benzene rings is 1. The first-order chi connectivity index (χ1) is 11.9. The number of thioether (sulfide) groups is 1. The highest BCUT2D eigenvalue weighted by Gasteiger charge is 2.15. The zero-order valence-corrected chi connectivity index (χ0v) is 15.0. The van der Waals surface area contributed by atoms with E-state index < -0.39 is 11.7 Å². The quantitative estimate of drug-likeness (QED) is 0.473. The van der Waals surface area contributed by atoms with E-state index in [4.69, 9.17) is 9.47 Å². The number of esters is 1. The van der Waals surface area contributed by atoms with Crippen LogP contribution in [0.5, 0.6) is 0 Å². The summed E-state index contributed by atoms with van der Waals surface area (Å²) in [5.74, 6) is -3.23. The van der Waals surface area contributed by atoms with Crippen LogP contribution in [0.15, 0.2) is 29.2 Å². The predicted molar refractivity (Wildman–Crippen MR) is 91.9 cm³/mol. The topological polar surface area (TPSA) is 67.9 Å². The van der Waals surface area contributed by atoms with E-state index >= 15 is 0 Å². The monoisotopic (exact) mass is 376 g/mol. The Kier molecular flexibility index (Phi) is 10.0. The van der Waals surface area contributed by atoms with Crippen molar-refractivity contribution in [2.45, 2.75) is 17.6 Å². The number of hydrogen-bond acceptors (Lipinski definition) is 6. The van der Waals surface area contributed by atoms with Gasteiger partial charge < -0.3 is 14.8 Å². The van der Waals surface area contributed by atoms with Gasteiger partial charge in [0.2, 0.25) is 5.91 Å². The molecule has 25 heavy (non-hydrogen) atoms. The van der Waals surface area contributed by atoms with Gasteiger partial charge in [0.15, 0.2) is 0 Å². The molecule has 1 aromatic rings. The first-order valence-electron chi connectivity index (χ1n) is 7.66. The van der Waals surface area contributed by atoms with Crippen molar-refractivity contribution >= 4 is 29.3 Å². The number of amides is 1. The lowest BCUT2D eigenvalue weighted by molar-refractivity contribution is -0.144. The van der Waals surface area contributed by atoms with Gasteiger partial charge >= 0.3 is 5.97 Å². The summed E-state index contributed by atoms with van der Waals surface area (Å²) >= 11 is 0.438. The van der Waals surface area contributed by atoms with Crippen LogP contribution in [-0.4, -0.2) is 62.5 Å². The third-order valence-electron chi connectivity index (χ3n) is 3.00. The van der Waals surface area contributed by atoms with Crippen LogP contribution in [0.3, 0.4) is 0 Å². The van der Waals surface area contributed by atoms with Gasteiger partial charge in [-0.25, -0.2) is 0 Å². The second-order valence-corrected chi connectivity index (χ2v) is 6.02. The maximum absolute atomic E-state index is 12.3. The van der Waals surface area contributed by atoms with Crippen LogP contribution in [-0.2, 0) is 19.1 Å². The Morgan fingerprint density at radius 2 is 1.92 bits per heavy atom. The lowest BCUT2D eigenvalue weighted by Crippen LogP contribution is -2.39. The van der Waals surface area contributed by atoms with Gasteiger partial charge in [-0.05, 0) is 31.2 Å². The molecule has 0 spiro atoms. The Labute approximate surface area is 149 Å². The second kappa shape index (κ2) is 11.8. The van der Waals surface area contributed by atoms with Gasteiger partial charge in [-0.2, -0.15) is 8.78 Å². The molecule has 0 radical (unpaired) electrons. The van der Waals surface area contributed by atoms with Crippen LogP contribution in [0, 0.1) is 0 Å². The minimum Gasteiger partial charge on any atom is -0.465 e. The molecule has 140 valence electrons. The second-order valence-electron chi connectivity index (χ2n) is 4.96. The van der Waals surface area contributed by atoms with Crippen molar-refractivity contribution < 1.29 is 27.8 Å². The molecule has 9 heteroatoms. The fraction of sp³-hybridized carbons (Fsp3) is 0.500. The average molecular weight is 376 g/mol. The molecule has 0 heterocycles. The fourth-order valence-corrected chi connectivity index (χ4v) is 2.45. The van der Waals surface area contributed by atoms with Gasteiger partial charge in [-0.15, -0.1) is 0 Å². The van der Waals surface area contributed by atoms with Crippen LogP contribution in [0.25, 0.3) is 0 Å². The van der Waals surface area contributed by atoms with Crippen molar-refractivity contribution in [3.05, 3.63) is 24.3 Å². The average Bonchev–Trinajstić information content (AvgIpc) is 2.54. The number of hydrogen-bond donors (Lipinski definition) is 1. The summed E-state index contributed by atoms with van der Waals surface area (Å²) < 4.78 is 34.4. The molecule has 0 aliphatic heterocycles. The molecule has 0 fully saturated rings. The normalized spacial score (nSPS) is 11.0. The van der Waals surface area contributed by atoms with Crippen molar-refractivity contribution in [3.8, 4) is 0 Å². The standard InChI is InChI=1S/C16H22F2N2O4S/c1-3-24-15(22)11-20(8-9-23-2)10-14(21)19-12-4-6-13(7-5-12)25-16(17)18/h4-7,16H,3,8-11H2,1-2H3,(H,19,21). The summed E-state index contributed by atoms with van der Waals surface area (Å²) in [6, 6.07) is 6.11. The Bertz CT molecular complexity index is 543. The number of carbonyl (C=O) groups excluding carboxylic acids is 2. The van der Waals surface area contributed by atoms with Crippen LogP contribution in [0.2, 0.25) is 0 Å². The van der Waals surface area contributed by atoms with E-state index in [1.54, 1.807) is 24.0 Å². The summed E-state index contributed by atoms with van der Waals surface area (Å²) in [7, 11) is 1.53. The molecule has 0 unspecified atom stereocenters. The molecular formula is C16H22F2N2O4S. The van der Waals surface area contributed by atoms with Crippen molar-refractivity contribution in [2.24, 2.45) is 0 Å². The minimum absolute atomic E-state index is 0.0181. The molecule has 1 rings (SSSR count). The Hall–Kier alpha value is -1.71. The number of nitrogens with zero attached hydrogens (tertiary/aromatic N) is 1. The van der Waals surface area contributed by atoms with Crippen molar-refractivity contribution in [1.82, 2.24) is 4.90 Å². The number of methoxy groups -OCH3 is 1. The number of halogens is 2. The molecule has 0 bridgehead atoms. The van der Waals surface area contributed by atoms with E-state index in [0.717, 1.165) is 0 Å². The molecule has 0 atom stereocenters. The van der Waals surface area contributed by atoms with Gasteiger partial charge in [-0.3, -0.25) is 14.5 Å². The first-order valence-corrected chi connectivity index (χ1v) is 8.54. The zero-order valence-electron chi connectivity index (χ0n) is 14.2. The molecule has 6 nitrogen and oxygen atoms in total. The number of alkyl halides is 2. The Morgan fingerprint density at radius 1 is 1.24 bits per heavy atom. The molecule has 0 aliphatic rings. The summed E-state index contributed by atoms with van der Waals surface area (Å²) in [5, 5.41) is 2.66. The van der Waals surface area contributed by atoms with Gasteiger partial charge in [0.25, 0.3) is 5.76 Å². The Balaban J connectivity index is 2.56. The van der Waals surface area contributed by atoms with Crippen LogP contribution < -0.4 is 5.32 Å². The molecule has 0 aromatic heterocycles. The van der Waals surface area contributed by atoms with Crippen LogP contribution in [0.4, 0.5) is 14.5 Å². The largest absolute Gasteiger partial charge is 0.465 e. The SMILES string of the molecule is CCOC(=O)CN(CCOC)CC(=O)Nc1ccc(SC(F)F)cc1. The number of rotatable bonds is 11. The highest BCUT2D eigenvalue weighted by atomic mass is 32.2. The number of carbonyl (C=O) groups is 2. The molecule has 1 aromatic carbocycles. The van der Waals surface area contributed by atoms with E-state index in [1.807, 2.05) is 0 Å². The summed E-state index contributed by atoms with van der Waals surface area (Å²) in [6.45, 7) is 2.70. The van der Waals surface area contributed by atoms with Gasteiger partial charge in [0, 0.05) is 24.2 Å². The highest BCUT2D eigenvalue weighted by molar-refractivity contribution is 7.99. The van der Waals surface area contributed by atoms with E-state index in [2.05, 4.69) is 5.32 Å². The zero-order chi connectivity index (χ0) is 18.7. The molecule has 0 saturated carbocycles. The van der Waals surface area contributed by atoms with Crippen molar-refractivity contribution in [3.63, 3.8) is 0 Å². The maximum Gasteiger partial charge on any atom is 0.320 e. The third-order valence-corrected chi connectivity index (χ3v) is 3.72. The first kappa shape index (κ1) is 21.3. The van der Waals surface area contributed by atoms with Gasteiger partial charge in [0.1, 0.15) is 0 Å². The van der Waals surface area contributed by atoms with E-state index in [1.165, 1.54) is 19.2 Å². The molecule has 1 amide bonds. The van der Waals surface area contributed by atoms with Gasteiger partial charge in [-0.1, -0.05) is 11.8 Å². The lowest BCUT2D eigenvalue weighted by Gasteiger charge is -2.20. The van der Waals surface area contributed by atoms with Crippen LogP contribution in [0.1, 0.15) is 6.92 Å². The smallest absolute Gasteiger partial charge is 0.320 e. The van der Waals surface area contributed by atoms with E-state index in [9.17, 15) is 18.4 Å². The van der Waals surface area contributed by atoms with E-state index in [0.29, 0.717) is 35.5 Å². The fourth-order valence-electron chi connectivity index (χ4n) is 1.95. The Morgan fingerprint density at radius 3 is 2.48 bits per heavy atom. The summed E-state index contributed by atoms with van der Waals surface area (Å²) in [6.07, 6.45) is 0. The maximum atomic E-state index is 12.3. The molecular weight excluding hydrogens is 354 g/mol. The molecule has 1 N–H and O–H groups in total. The van der Waals surface area contributed by atoms with Crippen LogP contribution >= 0.6 is 11.8 Å². The number of anilines is 1. The van der Waals surface area contributed by atoms with Gasteiger partial charge in [0.05, 0.1) is 26.3 Å². The van der Waals surface area contributed by atoms with Crippen molar-refractivity contribution in [1.29, 1.82) is 0 Å². The molecule has 0 aliphatic carbocycles. The van der Waals surface area contributed by atoms with Crippen molar-refractivity contribution in [2.75, 3.05) is 45.3 Å².